The normalized spacial score (nSPS) is 18.3. The number of nitrogens with zero attached hydrogens (tertiary/aromatic N) is 4. The summed E-state index contributed by atoms with van der Waals surface area (Å²) in [7, 11) is -3.64. The molecule has 1 fully saturated rings. The molecular weight excluding hydrogens is 352 g/mol. The van der Waals surface area contributed by atoms with Gasteiger partial charge in [0, 0.05) is 24.2 Å². The van der Waals surface area contributed by atoms with Crippen molar-refractivity contribution in [2.24, 2.45) is 0 Å². The van der Waals surface area contributed by atoms with Crippen LogP contribution in [0, 0.1) is 6.92 Å². The van der Waals surface area contributed by atoms with Crippen LogP contribution in [0.1, 0.15) is 12.1 Å². The summed E-state index contributed by atoms with van der Waals surface area (Å²) in [5.41, 5.74) is 1.29. The minimum absolute atomic E-state index is 0.228. The van der Waals surface area contributed by atoms with Crippen molar-refractivity contribution in [2.45, 2.75) is 24.3 Å². The summed E-state index contributed by atoms with van der Waals surface area (Å²) in [5, 5.41) is 8.73. The molecule has 26 heavy (non-hydrogen) atoms. The van der Waals surface area contributed by atoms with Gasteiger partial charge in [-0.2, -0.15) is 9.40 Å². The monoisotopic (exact) mass is 370 g/mol. The first-order chi connectivity index (χ1) is 12.5. The Morgan fingerprint density at radius 3 is 2.77 bits per heavy atom. The number of aromatic nitrogens is 3. The Bertz CT molecular complexity index is 1030. The molecule has 2 aromatic heterocycles. The van der Waals surface area contributed by atoms with Gasteiger partial charge in [-0.05, 0) is 31.5 Å². The molecule has 3 aromatic rings. The van der Waals surface area contributed by atoms with Gasteiger partial charge in [-0.3, -0.25) is 4.98 Å². The van der Waals surface area contributed by atoms with Crippen LogP contribution in [0.25, 0.3) is 10.9 Å². The fourth-order valence-electron chi connectivity index (χ4n) is 3.06. The van der Waals surface area contributed by atoms with Gasteiger partial charge in [-0.25, -0.2) is 8.42 Å². The fourth-order valence-corrected chi connectivity index (χ4v) is 4.71. The van der Waals surface area contributed by atoms with E-state index in [4.69, 9.17) is 4.74 Å². The third-order valence-electron chi connectivity index (χ3n) is 4.38. The minimum Gasteiger partial charge on any atom is -0.472 e. The molecule has 1 aliphatic rings. The van der Waals surface area contributed by atoms with E-state index in [1.165, 1.54) is 4.31 Å². The van der Waals surface area contributed by atoms with Crippen LogP contribution in [0.3, 0.4) is 0 Å². The van der Waals surface area contributed by atoms with Crippen molar-refractivity contribution in [1.82, 2.24) is 19.5 Å². The summed E-state index contributed by atoms with van der Waals surface area (Å²) in [6.07, 6.45) is 1.96. The van der Waals surface area contributed by atoms with Gasteiger partial charge < -0.3 is 4.74 Å². The number of fused-ring (bicyclic) bond motifs is 1. The lowest BCUT2D eigenvalue weighted by Gasteiger charge is -2.17. The zero-order valence-electron chi connectivity index (χ0n) is 14.2. The Kier molecular flexibility index (Phi) is 4.29. The first-order valence-corrected chi connectivity index (χ1v) is 9.79. The molecule has 4 rings (SSSR count). The molecule has 0 N–H and O–H groups in total. The lowest BCUT2D eigenvalue weighted by atomic mass is 10.2. The van der Waals surface area contributed by atoms with E-state index >= 15 is 0 Å². The molecule has 0 amide bonds. The zero-order valence-corrected chi connectivity index (χ0v) is 15.1. The van der Waals surface area contributed by atoms with E-state index < -0.39 is 10.0 Å². The van der Waals surface area contributed by atoms with Crippen molar-refractivity contribution < 1.29 is 13.2 Å². The Morgan fingerprint density at radius 2 is 1.96 bits per heavy atom. The molecule has 1 saturated heterocycles. The first-order valence-electron chi connectivity index (χ1n) is 8.35. The Hall–Kier alpha value is -2.58. The summed E-state index contributed by atoms with van der Waals surface area (Å²) >= 11 is 0. The first kappa shape index (κ1) is 16.9. The molecule has 3 heterocycles. The standard InChI is InChI=1S/C18H18N4O3S/c1-13-7-8-17(21-20-13)25-15-9-11-22(12-15)26(23,24)16-6-2-4-14-5-3-10-19-18(14)16/h2-8,10,15H,9,11-12H2,1H3/t15-/m1/s1. The molecule has 1 aliphatic heterocycles. The second-order valence-corrected chi connectivity index (χ2v) is 8.14. The third-order valence-corrected chi connectivity index (χ3v) is 6.28. The molecule has 8 heteroatoms. The van der Waals surface area contributed by atoms with Crippen molar-refractivity contribution in [3.05, 3.63) is 54.4 Å². The molecule has 7 nitrogen and oxygen atoms in total. The van der Waals surface area contributed by atoms with Crippen LogP contribution in [0.15, 0.2) is 53.6 Å². The lowest BCUT2D eigenvalue weighted by Crippen LogP contribution is -2.31. The highest BCUT2D eigenvalue weighted by molar-refractivity contribution is 7.89. The quantitative estimate of drug-likeness (QED) is 0.700. The molecule has 0 bridgehead atoms. The number of para-hydroxylation sites is 1. The summed E-state index contributed by atoms with van der Waals surface area (Å²) in [6.45, 7) is 2.52. The topological polar surface area (TPSA) is 85.3 Å². The van der Waals surface area contributed by atoms with Crippen LogP contribution in [-0.4, -0.2) is 47.1 Å². The average molecular weight is 370 g/mol. The van der Waals surface area contributed by atoms with Gasteiger partial charge in [0.2, 0.25) is 15.9 Å². The van der Waals surface area contributed by atoms with Gasteiger partial charge in [-0.1, -0.05) is 18.2 Å². The molecule has 1 aromatic carbocycles. The molecule has 1 atom stereocenters. The number of hydrogen-bond donors (Lipinski definition) is 0. The maximum atomic E-state index is 13.1. The Balaban J connectivity index is 1.56. The van der Waals surface area contributed by atoms with Crippen LogP contribution in [-0.2, 0) is 10.0 Å². The predicted octanol–water partition coefficient (Wildman–Crippen LogP) is 2.18. The summed E-state index contributed by atoms with van der Waals surface area (Å²) < 4.78 is 33.4. The minimum atomic E-state index is -3.64. The lowest BCUT2D eigenvalue weighted by molar-refractivity contribution is 0.204. The van der Waals surface area contributed by atoms with Gasteiger partial charge in [-0.15, -0.1) is 5.10 Å². The van der Waals surface area contributed by atoms with E-state index in [0.29, 0.717) is 24.4 Å². The van der Waals surface area contributed by atoms with Crippen molar-refractivity contribution >= 4 is 20.9 Å². The Morgan fingerprint density at radius 1 is 1.12 bits per heavy atom. The average Bonchev–Trinajstić information content (AvgIpc) is 3.12. The van der Waals surface area contributed by atoms with E-state index in [0.717, 1.165) is 11.1 Å². The number of rotatable bonds is 4. The van der Waals surface area contributed by atoms with Crippen LogP contribution >= 0.6 is 0 Å². The highest BCUT2D eigenvalue weighted by atomic mass is 32.2. The van der Waals surface area contributed by atoms with Crippen LogP contribution in [0.5, 0.6) is 5.88 Å². The Labute approximate surface area is 151 Å². The SMILES string of the molecule is Cc1ccc(O[C@@H]2CCN(S(=O)(=O)c3cccc4cccnc34)C2)nn1. The van der Waals surface area contributed by atoms with E-state index in [-0.39, 0.29) is 17.5 Å². The van der Waals surface area contributed by atoms with Crippen molar-refractivity contribution in [1.29, 1.82) is 0 Å². The second-order valence-electron chi connectivity index (χ2n) is 6.24. The van der Waals surface area contributed by atoms with Crippen molar-refractivity contribution in [3.63, 3.8) is 0 Å². The van der Waals surface area contributed by atoms with E-state index in [2.05, 4.69) is 15.2 Å². The number of benzene rings is 1. The molecule has 134 valence electrons. The maximum Gasteiger partial charge on any atom is 0.245 e. The number of ether oxygens (including phenoxy) is 1. The summed E-state index contributed by atoms with van der Waals surface area (Å²) in [5.74, 6) is 0.409. The molecule has 0 aliphatic carbocycles. The van der Waals surface area contributed by atoms with Gasteiger partial charge in [0.15, 0.2) is 0 Å². The molecule has 0 spiro atoms. The molecule has 0 unspecified atom stereocenters. The third kappa shape index (κ3) is 3.13. The second kappa shape index (κ2) is 6.62. The van der Waals surface area contributed by atoms with Gasteiger partial charge in [0.25, 0.3) is 0 Å². The van der Waals surface area contributed by atoms with E-state index in [1.54, 1.807) is 30.5 Å². The van der Waals surface area contributed by atoms with E-state index in [9.17, 15) is 8.42 Å². The smallest absolute Gasteiger partial charge is 0.245 e. The summed E-state index contributed by atoms with van der Waals surface area (Å²) in [6, 6.07) is 12.4. The van der Waals surface area contributed by atoms with Gasteiger partial charge in [0.05, 0.1) is 17.8 Å². The number of pyridine rings is 1. The molecule has 0 radical (unpaired) electrons. The van der Waals surface area contributed by atoms with Crippen LogP contribution in [0.2, 0.25) is 0 Å². The molecule has 0 saturated carbocycles. The van der Waals surface area contributed by atoms with Gasteiger partial charge in [0.1, 0.15) is 11.0 Å². The van der Waals surface area contributed by atoms with Crippen LogP contribution in [0.4, 0.5) is 0 Å². The van der Waals surface area contributed by atoms with Gasteiger partial charge >= 0.3 is 0 Å². The zero-order chi connectivity index (χ0) is 18.1. The van der Waals surface area contributed by atoms with E-state index in [1.807, 2.05) is 25.1 Å². The largest absolute Gasteiger partial charge is 0.472 e. The maximum absolute atomic E-state index is 13.1. The predicted molar refractivity (Wildman–Crippen MR) is 96.3 cm³/mol. The van der Waals surface area contributed by atoms with Crippen LogP contribution < -0.4 is 4.74 Å². The van der Waals surface area contributed by atoms with Crippen molar-refractivity contribution in [3.8, 4) is 5.88 Å². The molecular formula is C18H18N4O3S. The number of hydrogen-bond acceptors (Lipinski definition) is 6. The summed E-state index contributed by atoms with van der Waals surface area (Å²) in [4.78, 5) is 4.49. The number of aryl methyl sites for hydroxylation is 1. The fraction of sp³-hybridized carbons (Fsp3) is 0.278. The highest BCUT2D eigenvalue weighted by Gasteiger charge is 2.35. The van der Waals surface area contributed by atoms with Crippen molar-refractivity contribution in [2.75, 3.05) is 13.1 Å². The highest BCUT2D eigenvalue weighted by Crippen LogP contribution is 2.27. The number of sulfonamides is 1.